The molecule has 1 aliphatic heterocycles. The Balaban J connectivity index is 1.41. The molecule has 20 nitrogen and oxygen atoms in total. The largest absolute Gasteiger partial charge is 0.390 e. The molecule has 2 aromatic carbocycles. The fourth-order valence-electron chi connectivity index (χ4n) is 6.99. The van der Waals surface area contributed by atoms with Crippen molar-refractivity contribution >= 4 is 70.7 Å². The molecule has 7 amide bonds. The molecule has 0 radical (unpaired) electrons. The standard InChI is InChI=1S/C47H62N12O8/c1-29(2)42-47(67)59(5)38(15-12-19-49-28-48)46(66)53-27-41(62)55-37(21-30(3)60)45(65)52-25-32-22-35(44(64)56-42)24-36(23-32)54-40(61)16-10-7-11-20-50-43(63)34-17-18-39(51-26-34)58-57-31(4)33-13-8-6-9-14-33/h6,8-9,13-14,17-18,22-24,26,28-29,37-38,42H,7,10-12,15-16,19-21,25,27H2,1-5H3,(H2,48,49)(H,50,63)(H,51,58)(H,52,65)(H,53,66)(H,54,61)(H,55,62)(H,56,64)/b57-31-/t37-,38-,42?/m0/s1. The van der Waals surface area contributed by atoms with Gasteiger partial charge in [-0.2, -0.15) is 5.10 Å². The number of amides is 7. The average Bonchev–Trinajstić information content (AvgIpc) is 3.31. The molecule has 67 heavy (non-hydrogen) atoms. The van der Waals surface area contributed by atoms with Crippen molar-refractivity contribution in [2.75, 3.05) is 37.4 Å². The van der Waals surface area contributed by atoms with Gasteiger partial charge in [-0.1, -0.05) is 50.6 Å². The number of likely N-dealkylation sites (N-methyl/N-ethyl adjacent to an activating group) is 1. The van der Waals surface area contributed by atoms with Crippen LogP contribution >= 0.6 is 0 Å². The fraction of sp³-hybridized carbons (Fsp3) is 0.426. The number of hydrazone groups is 1. The molecule has 1 aliphatic rings. The topological polar surface area (TPSA) is 288 Å². The van der Waals surface area contributed by atoms with E-state index in [1.54, 1.807) is 32.0 Å². The molecule has 3 aromatic rings. The van der Waals surface area contributed by atoms with Gasteiger partial charge in [-0.3, -0.25) is 48.8 Å². The molecule has 0 saturated heterocycles. The Morgan fingerprint density at radius 2 is 1.64 bits per heavy atom. The second-order valence-electron chi connectivity index (χ2n) is 16.5. The Morgan fingerprint density at radius 1 is 0.896 bits per heavy atom. The number of nitrogens with one attached hydrogen (secondary N) is 7. The zero-order valence-corrected chi connectivity index (χ0v) is 38.6. The van der Waals surface area contributed by atoms with Gasteiger partial charge in [0.2, 0.25) is 29.5 Å². The Hall–Kier alpha value is -7.51. The van der Waals surface area contributed by atoms with Gasteiger partial charge in [0.25, 0.3) is 11.8 Å². The van der Waals surface area contributed by atoms with Gasteiger partial charge in [0.1, 0.15) is 29.7 Å². The Labute approximate surface area is 390 Å². The summed E-state index contributed by atoms with van der Waals surface area (Å²) in [5.74, 6) is -4.28. The first-order valence-corrected chi connectivity index (χ1v) is 22.2. The first-order valence-electron chi connectivity index (χ1n) is 22.2. The number of carbonyl (C=O) groups excluding carboxylic acids is 8. The third-order valence-corrected chi connectivity index (χ3v) is 10.7. The Morgan fingerprint density at radius 3 is 2.33 bits per heavy atom. The number of nitrogens with zero attached hydrogens (tertiary/aromatic N) is 4. The summed E-state index contributed by atoms with van der Waals surface area (Å²) in [5, 5.41) is 20.5. The minimum Gasteiger partial charge on any atom is -0.390 e. The first-order chi connectivity index (χ1) is 32.1. The lowest BCUT2D eigenvalue weighted by molar-refractivity contribution is -0.141. The third kappa shape index (κ3) is 17.1. The van der Waals surface area contributed by atoms with Crippen molar-refractivity contribution in [3.05, 3.63) is 89.1 Å². The van der Waals surface area contributed by atoms with E-state index < -0.39 is 60.1 Å². The highest BCUT2D eigenvalue weighted by Crippen LogP contribution is 2.19. The number of unbranched alkanes of at least 4 members (excludes halogenated alkanes) is 2. The fourth-order valence-corrected chi connectivity index (χ4v) is 6.99. The Bertz CT molecular complexity index is 2280. The van der Waals surface area contributed by atoms with Crippen molar-refractivity contribution in [2.45, 2.75) is 97.3 Å². The molecule has 0 spiro atoms. The minimum atomic E-state index is -1.29. The molecule has 20 heteroatoms. The summed E-state index contributed by atoms with van der Waals surface area (Å²) in [6, 6.07) is 14.0. The smallest absolute Gasteiger partial charge is 0.252 e. The number of rotatable bonds is 18. The number of carbonyl (C=O) groups is 8. The monoisotopic (exact) mass is 922 g/mol. The summed E-state index contributed by atoms with van der Waals surface area (Å²) in [7, 11) is 1.43. The zero-order valence-electron chi connectivity index (χ0n) is 38.6. The molecule has 1 unspecified atom stereocenters. The van der Waals surface area contributed by atoms with Crippen LogP contribution in [0.3, 0.4) is 0 Å². The van der Waals surface area contributed by atoms with Crippen LogP contribution in [0.2, 0.25) is 0 Å². The average molecular weight is 923 g/mol. The van der Waals surface area contributed by atoms with Crippen LogP contribution < -0.4 is 43.1 Å². The van der Waals surface area contributed by atoms with Crippen molar-refractivity contribution in [1.82, 2.24) is 36.5 Å². The van der Waals surface area contributed by atoms with Gasteiger partial charge in [0.05, 0.1) is 24.2 Å². The number of anilines is 2. The minimum absolute atomic E-state index is 0.0651. The van der Waals surface area contributed by atoms with E-state index in [9.17, 15) is 38.4 Å². The third-order valence-electron chi connectivity index (χ3n) is 10.7. The quantitative estimate of drug-likeness (QED) is 0.0397. The van der Waals surface area contributed by atoms with Gasteiger partial charge in [-0.15, -0.1) is 0 Å². The van der Waals surface area contributed by atoms with Crippen LogP contribution in [-0.2, 0) is 35.3 Å². The molecular formula is C47H62N12O8. The molecule has 4 rings (SSSR count). The molecule has 1 aromatic heterocycles. The Kier molecular flexibility index (Phi) is 20.6. The molecule has 0 aliphatic carbocycles. The van der Waals surface area contributed by atoms with Crippen LogP contribution in [0.4, 0.5) is 11.5 Å². The molecule has 9 N–H and O–H groups in total. The lowest BCUT2D eigenvalue weighted by Gasteiger charge is -2.32. The summed E-state index contributed by atoms with van der Waals surface area (Å²) in [5.41, 5.74) is 11.1. The van der Waals surface area contributed by atoms with Crippen LogP contribution in [-0.4, -0.2) is 114 Å². The number of pyridine rings is 1. The summed E-state index contributed by atoms with van der Waals surface area (Å²) < 4.78 is 0. The van der Waals surface area contributed by atoms with Crippen molar-refractivity contribution in [3.63, 3.8) is 0 Å². The SMILES string of the molecule is CC(=O)C[C@@H]1NC(=O)CNC(=O)[C@H](CCCN=CN)N(C)C(=O)C(C(C)C)NC(=O)c2cc(cc(NC(=O)CCCCCNC(=O)c3ccc(N/N=C(/C)c4ccccc4)nc3)c2)CNC1=O. The van der Waals surface area contributed by atoms with Gasteiger partial charge in [-0.05, 0) is 86.9 Å². The second-order valence-corrected chi connectivity index (χ2v) is 16.5. The van der Waals surface area contributed by atoms with E-state index in [2.05, 4.69) is 52.4 Å². The zero-order chi connectivity index (χ0) is 48.9. The molecule has 358 valence electrons. The lowest BCUT2D eigenvalue weighted by atomic mass is 9.99. The van der Waals surface area contributed by atoms with Crippen molar-refractivity contribution in [1.29, 1.82) is 0 Å². The molecule has 2 bridgehead atoms. The number of aliphatic imine (C=N–C) groups is 1. The number of ketones is 1. The van der Waals surface area contributed by atoms with Crippen molar-refractivity contribution in [2.24, 2.45) is 21.7 Å². The summed E-state index contributed by atoms with van der Waals surface area (Å²) in [6.45, 7) is 6.54. The van der Waals surface area contributed by atoms with Gasteiger partial charge in [0.15, 0.2) is 0 Å². The van der Waals surface area contributed by atoms with E-state index >= 15 is 0 Å². The predicted molar refractivity (Wildman–Crippen MR) is 254 cm³/mol. The van der Waals surface area contributed by atoms with Crippen LogP contribution in [0.25, 0.3) is 0 Å². The van der Waals surface area contributed by atoms with E-state index in [0.717, 1.165) is 17.6 Å². The van der Waals surface area contributed by atoms with E-state index in [-0.39, 0.29) is 61.2 Å². The number of aromatic nitrogens is 1. The maximum Gasteiger partial charge on any atom is 0.252 e. The van der Waals surface area contributed by atoms with Gasteiger partial charge >= 0.3 is 0 Å². The number of hydrogen-bond donors (Lipinski definition) is 8. The summed E-state index contributed by atoms with van der Waals surface area (Å²) in [6.07, 6.45) is 4.58. The van der Waals surface area contributed by atoms with E-state index in [4.69, 9.17) is 5.73 Å². The van der Waals surface area contributed by atoms with E-state index in [0.29, 0.717) is 49.2 Å². The first kappa shape index (κ1) is 52.1. The van der Waals surface area contributed by atoms with E-state index in [1.807, 2.05) is 37.3 Å². The van der Waals surface area contributed by atoms with Gasteiger partial charge < -0.3 is 42.5 Å². The van der Waals surface area contributed by atoms with Crippen molar-refractivity contribution in [3.8, 4) is 0 Å². The number of nitrogens with two attached hydrogens (primary N) is 1. The number of benzene rings is 2. The second kappa shape index (κ2) is 26.5. The predicted octanol–water partition coefficient (Wildman–Crippen LogP) is 2.41. The van der Waals surface area contributed by atoms with E-state index in [1.165, 1.54) is 37.2 Å². The molecule has 0 fully saturated rings. The van der Waals surface area contributed by atoms with Gasteiger partial charge in [-0.25, -0.2) is 4.98 Å². The lowest BCUT2D eigenvalue weighted by Crippen LogP contribution is -2.57. The molecule has 0 saturated carbocycles. The highest BCUT2D eigenvalue weighted by atomic mass is 16.2. The molecule has 3 atom stereocenters. The summed E-state index contributed by atoms with van der Waals surface area (Å²) >= 11 is 0. The summed E-state index contributed by atoms with van der Waals surface area (Å²) in [4.78, 5) is 115. The van der Waals surface area contributed by atoms with Crippen LogP contribution in [0, 0.1) is 5.92 Å². The van der Waals surface area contributed by atoms with Crippen LogP contribution in [0.1, 0.15) is 104 Å². The van der Waals surface area contributed by atoms with Crippen LogP contribution in [0.15, 0.2) is 77.0 Å². The number of hydrogen-bond acceptors (Lipinski definition) is 12. The number of Topliss-reactive ketones (excluding diaryl/α,β-unsaturated/α-hetero) is 1. The van der Waals surface area contributed by atoms with Crippen LogP contribution in [0.5, 0.6) is 0 Å². The maximum atomic E-state index is 14.0. The molecule has 2 heterocycles. The maximum absolute atomic E-state index is 14.0. The highest BCUT2D eigenvalue weighted by Gasteiger charge is 2.34. The molecular weight excluding hydrogens is 861 g/mol. The van der Waals surface area contributed by atoms with Crippen molar-refractivity contribution < 1.29 is 38.4 Å². The van der Waals surface area contributed by atoms with Gasteiger partial charge in [0, 0.05) is 57.0 Å². The highest BCUT2D eigenvalue weighted by molar-refractivity contribution is 6.01. The number of fused-ring (bicyclic) bond motifs is 2. The normalized spacial score (nSPS) is 17.7.